The normalized spacial score (nSPS) is 14.8. The van der Waals surface area contributed by atoms with Crippen LogP contribution in [0.1, 0.15) is 37.7 Å². The fraction of sp³-hybridized carbons (Fsp3) is 0.381. The Bertz CT molecular complexity index is 771. The minimum atomic E-state index is -0.418. The van der Waals surface area contributed by atoms with Crippen LogP contribution in [0.5, 0.6) is 0 Å². The number of non-ortho nitro benzene ring substituents is 1. The summed E-state index contributed by atoms with van der Waals surface area (Å²) in [5, 5.41) is 16.9. The van der Waals surface area contributed by atoms with Crippen LogP contribution in [0.3, 0.4) is 0 Å². The van der Waals surface area contributed by atoms with Crippen molar-refractivity contribution in [2.45, 2.75) is 37.5 Å². The Morgan fingerprint density at radius 3 is 2.37 bits per heavy atom. The van der Waals surface area contributed by atoms with Gasteiger partial charge >= 0.3 is 0 Å². The minimum Gasteiger partial charge on any atom is -0.385 e. The first-order chi connectivity index (χ1) is 13.1. The van der Waals surface area contributed by atoms with Crippen molar-refractivity contribution in [1.82, 2.24) is 5.32 Å². The van der Waals surface area contributed by atoms with Crippen LogP contribution in [0.4, 0.5) is 11.4 Å². The molecular formula is C21H25N3O3. The molecule has 0 atom stereocenters. The number of nitrogens with zero attached hydrogens (tertiary/aromatic N) is 1. The van der Waals surface area contributed by atoms with Gasteiger partial charge in [0.15, 0.2) is 0 Å². The lowest BCUT2D eigenvalue weighted by Crippen LogP contribution is -2.45. The summed E-state index contributed by atoms with van der Waals surface area (Å²) in [5.74, 6) is 0.0719. The number of carbonyl (C=O) groups is 1. The van der Waals surface area contributed by atoms with E-state index >= 15 is 0 Å². The topological polar surface area (TPSA) is 84.3 Å². The first kappa shape index (κ1) is 18.9. The Morgan fingerprint density at radius 2 is 1.78 bits per heavy atom. The molecule has 0 radical (unpaired) electrons. The predicted molar refractivity (Wildman–Crippen MR) is 106 cm³/mol. The molecule has 3 rings (SSSR count). The monoisotopic (exact) mass is 367 g/mol. The Labute approximate surface area is 159 Å². The van der Waals surface area contributed by atoms with Crippen molar-refractivity contribution in [1.29, 1.82) is 0 Å². The zero-order valence-corrected chi connectivity index (χ0v) is 15.3. The Balaban J connectivity index is 1.38. The van der Waals surface area contributed by atoms with Crippen molar-refractivity contribution < 1.29 is 9.72 Å². The van der Waals surface area contributed by atoms with Gasteiger partial charge in [0.05, 0.1) is 4.92 Å². The number of nitro benzene ring substituents is 1. The molecule has 0 heterocycles. The number of anilines is 1. The lowest BCUT2D eigenvalue weighted by molar-refractivity contribution is -0.384. The first-order valence-electron chi connectivity index (χ1n) is 9.40. The smallest absolute Gasteiger partial charge is 0.269 e. The van der Waals surface area contributed by atoms with E-state index in [9.17, 15) is 14.9 Å². The Kier molecular flexibility index (Phi) is 6.06. The molecule has 0 unspecified atom stereocenters. The highest BCUT2D eigenvalue weighted by atomic mass is 16.6. The summed E-state index contributed by atoms with van der Waals surface area (Å²) in [7, 11) is 0. The first-order valence-corrected chi connectivity index (χ1v) is 9.40. The standard InChI is InChI=1S/C21H25N3O3/c25-20(8-4-15-22-18-9-11-19(12-10-18)24(26)27)23-16-21(13-5-14-21)17-6-2-1-3-7-17/h1-3,6-7,9-12,22H,4-5,8,13-16H2,(H,23,25). The van der Waals surface area contributed by atoms with Crippen molar-refractivity contribution in [3.63, 3.8) is 0 Å². The summed E-state index contributed by atoms with van der Waals surface area (Å²) < 4.78 is 0. The van der Waals surface area contributed by atoms with Crippen molar-refractivity contribution >= 4 is 17.3 Å². The Morgan fingerprint density at radius 1 is 1.07 bits per heavy atom. The third kappa shape index (κ3) is 4.84. The second kappa shape index (κ2) is 8.66. The molecular weight excluding hydrogens is 342 g/mol. The maximum atomic E-state index is 12.2. The molecule has 2 N–H and O–H groups in total. The van der Waals surface area contributed by atoms with Crippen LogP contribution in [-0.4, -0.2) is 23.9 Å². The fourth-order valence-electron chi connectivity index (χ4n) is 3.50. The van der Waals surface area contributed by atoms with Crippen molar-refractivity contribution in [2.24, 2.45) is 0 Å². The van der Waals surface area contributed by atoms with Gasteiger partial charge in [-0.2, -0.15) is 0 Å². The van der Waals surface area contributed by atoms with Crippen LogP contribution in [0.2, 0.25) is 0 Å². The number of hydrogen-bond acceptors (Lipinski definition) is 4. The number of hydrogen-bond donors (Lipinski definition) is 2. The summed E-state index contributed by atoms with van der Waals surface area (Å²) in [6.45, 7) is 1.35. The lowest BCUT2D eigenvalue weighted by atomic mass is 9.64. The van der Waals surface area contributed by atoms with Crippen LogP contribution in [0, 0.1) is 10.1 Å². The summed E-state index contributed by atoms with van der Waals surface area (Å²) >= 11 is 0. The molecule has 1 aliphatic rings. The molecule has 1 saturated carbocycles. The van der Waals surface area contributed by atoms with E-state index < -0.39 is 4.92 Å². The van der Waals surface area contributed by atoms with Crippen molar-refractivity contribution in [2.75, 3.05) is 18.4 Å². The highest BCUT2D eigenvalue weighted by Crippen LogP contribution is 2.43. The van der Waals surface area contributed by atoms with Crippen LogP contribution in [0.15, 0.2) is 54.6 Å². The van der Waals surface area contributed by atoms with Crippen LogP contribution >= 0.6 is 0 Å². The average molecular weight is 367 g/mol. The molecule has 1 fully saturated rings. The number of amides is 1. The molecule has 1 aliphatic carbocycles. The predicted octanol–water partition coefficient (Wildman–Crippen LogP) is 4.03. The number of rotatable bonds is 9. The van der Waals surface area contributed by atoms with Gasteiger partial charge in [0.2, 0.25) is 5.91 Å². The summed E-state index contributed by atoms with van der Waals surface area (Å²) in [6.07, 6.45) is 4.63. The van der Waals surface area contributed by atoms with E-state index in [0.717, 1.165) is 18.5 Å². The number of carbonyl (C=O) groups excluding carboxylic acids is 1. The van der Waals surface area contributed by atoms with E-state index in [4.69, 9.17) is 0 Å². The molecule has 6 nitrogen and oxygen atoms in total. The van der Waals surface area contributed by atoms with Gasteiger partial charge in [-0.1, -0.05) is 36.8 Å². The average Bonchev–Trinajstić information content (AvgIpc) is 2.65. The molecule has 6 heteroatoms. The van der Waals surface area contributed by atoms with E-state index in [-0.39, 0.29) is 17.0 Å². The zero-order valence-electron chi connectivity index (χ0n) is 15.3. The van der Waals surface area contributed by atoms with E-state index in [2.05, 4.69) is 34.9 Å². The van der Waals surface area contributed by atoms with Crippen LogP contribution < -0.4 is 10.6 Å². The van der Waals surface area contributed by atoms with Crippen molar-refractivity contribution in [3.8, 4) is 0 Å². The highest BCUT2D eigenvalue weighted by molar-refractivity contribution is 5.76. The fourth-order valence-corrected chi connectivity index (χ4v) is 3.50. The second-order valence-corrected chi connectivity index (χ2v) is 7.11. The van der Waals surface area contributed by atoms with Crippen LogP contribution in [-0.2, 0) is 10.2 Å². The summed E-state index contributed by atoms with van der Waals surface area (Å²) in [6, 6.07) is 16.7. The molecule has 0 spiro atoms. The largest absolute Gasteiger partial charge is 0.385 e. The van der Waals surface area contributed by atoms with E-state index in [1.54, 1.807) is 12.1 Å². The van der Waals surface area contributed by atoms with Crippen LogP contribution in [0.25, 0.3) is 0 Å². The van der Waals surface area contributed by atoms with E-state index in [0.29, 0.717) is 25.9 Å². The maximum absolute atomic E-state index is 12.2. The zero-order chi connectivity index (χ0) is 19.1. The number of benzene rings is 2. The highest BCUT2D eigenvalue weighted by Gasteiger charge is 2.38. The molecule has 27 heavy (non-hydrogen) atoms. The molecule has 142 valence electrons. The van der Waals surface area contributed by atoms with E-state index in [1.165, 1.54) is 24.1 Å². The summed E-state index contributed by atoms with van der Waals surface area (Å²) in [4.78, 5) is 22.4. The number of nitrogens with one attached hydrogen (secondary N) is 2. The van der Waals surface area contributed by atoms with Gasteiger partial charge in [-0.15, -0.1) is 0 Å². The quantitative estimate of drug-likeness (QED) is 0.398. The molecule has 2 aromatic carbocycles. The molecule has 1 amide bonds. The van der Waals surface area contributed by atoms with Gasteiger partial charge < -0.3 is 10.6 Å². The third-order valence-electron chi connectivity index (χ3n) is 5.31. The second-order valence-electron chi connectivity index (χ2n) is 7.11. The summed E-state index contributed by atoms with van der Waals surface area (Å²) in [5.41, 5.74) is 2.31. The van der Waals surface area contributed by atoms with Gasteiger partial charge in [-0.25, -0.2) is 0 Å². The van der Waals surface area contributed by atoms with Gasteiger partial charge in [0.1, 0.15) is 0 Å². The molecule has 2 aromatic rings. The van der Waals surface area contributed by atoms with Crippen molar-refractivity contribution in [3.05, 3.63) is 70.3 Å². The van der Waals surface area contributed by atoms with Gasteiger partial charge in [0, 0.05) is 42.7 Å². The maximum Gasteiger partial charge on any atom is 0.269 e. The Hall–Kier alpha value is -2.89. The van der Waals surface area contributed by atoms with E-state index in [1.807, 2.05) is 6.07 Å². The molecule has 0 aliphatic heterocycles. The third-order valence-corrected chi connectivity index (χ3v) is 5.31. The number of nitro groups is 1. The SMILES string of the molecule is O=C(CCCNc1ccc([N+](=O)[O-])cc1)NCC1(c2ccccc2)CCC1. The van der Waals surface area contributed by atoms with Gasteiger partial charge in [0.25, 0.3) is 5.69 Å². The molecule has 0 saturated heterocycles. The van der Waals surface area contributed by atoms with Gasteiger partial charge in [-0.3, -0.25) is 14.9 Å². The molecule has 0 aromatic heterocycles. The molecule has 0 bridgehead atoms. The minimum absolute atomic E-state index is 0.0719. The van der Waals surface area contributed by atoms with Gasteiger partial charge in [-0.05, 0) is 37.0 Å². The lowest BCUT2D eigenvalue weighted by Gasteiger charge is -2.42.